The first kappa shape index (κ1) is 23.5. The molecule has 0 aliphatic carbocycles. The summed E-state index contributed by atoms with van der Waals surface area (Å²) in [6, 6.07) is 9.48. The highest BCUT2D eigenvalue weighted by atomic mass is 79.9. The first-order valence-corrected chi connectivity index (χ1v) is 11.5. The van der Waals surface area contributed by atoms with Gasteiger partial charge in [-0.3, -0.25) is 19.3 Å². The maximum Gasteiger partial charge on any atom is 0.326 e. The van der Waals surface area contributed by atoms with Gasteiger partial charge in [0, 0.05) is 0 Å². The molecule has 0 atom stereocenters. The molecule has 2 aromatic carbocycles. The van der Waals surface area contributed by atoms with Crippen LogP contribution in [0.1, 0.15) is 18.1 Å². The zero-order valence-electron chi connectivity index (χ0n) is 16.2. The summed E-state index contributed by atoms with van der Waals surface area (Å²) in [5, 5.41) is -0.526. The summed E-state index contributed by atoms with van der Waals surface area (Å²) in [7, 11) is 0. The maximum atomic E-state index is 13.0. The van der Waals surface area contributed by atoms with E-state index in [0.717, 1.165) is 22.2 Å². The third kappa shape index (κ3) is 5.96. The predicted octanol–water partition coefficient (Wildman–Crippen LogP) is 5.53. The summed E-state index contributed by atoms with van der Waals surface area (Å²) in [5.41, 5.74) is 1.45. The van der Waals surface area contributed by atoms with Crippen LogP contribution in [0.15, 0.2) is 50.2 Å². The first-order valence-electron chi connectivity index (χ1n) is 9.05. The Kier molecular flexibility index (Phi) is 7.90. The molecule has 0 aromatic heterocycles. The summed E-state index contributed by atoms with van der Waals surface area (Å²) in [6.45, 7) is 1.64. The lowest BCUT2D eigenvalue weighted by atomic mass is 10.2. The number of amides is 2. The second-order valence-electron chi connectivity index (χ2n) is 6.30. The number of benzene rings is 2. The Morgan fingerprint density at radius 1 is 1.16 bits per heavy atom. The van der Waals surface area contributed by atoms with Crippen molar-refractivity contribution in [2.24, 2.45) is 0 Å². The largest absolute Gasteiger partial charge is 0.487 e. The molecule has 3 rings (SSSR count). The zero-order valence-corrected chi connectivity index (χ0v) is 20.2. The summed E-state index contributed by atoms with van der Waals surface area (Å²) < 4.78 is 24.9. The summed E-state index contributed by atoms with van der Waals surface area (Å²) in [5.74, 6) is -0.967. The molecule has 0 N–H and O–H groups in total. The van der Waals surface area contributed by atoms with E-state index in [1.165, 1.54) is 12.1 Å². The van der Waals surface area contributed by atoms with Gasteiger partial charge in [-0.05, 0) is 92.0 Å². The Bertz CT molecular complexity index is 1040. The van der Waals surface area contributed by atoms with E-state index in [0.29, 0.717) is 20.3 Å². The van der Waals surface area contributed by atoms with Gasteiger partial charge in [0.1, 0.15) is 24.7 Å². The minimum atomic E-state index is -0.640. The van der Waals surface area contributed by atoms with Crippen molar-refractivity contribution in [2.45, 2.75) is 13.5 Å². The van der Waals surface area contributed by atoms with E-state index in [2.05, 4.69) is 31.9 Å². The Morgan fingerprint density at radius 2 is 1.81 bits per heavy atom. The molecule has 1 aliphatic rings. The summed E-state index contributed by atoms with van der Waals surface area (Å²) in [6.07, 6.45) is 1.56. The van der Waals surface area contributed by atoms with Crippen molar-refractivity contribution in [1.82, 2.24) is 4.90 Å². The van der Waals surface area contributed by atoms with Crippen LogP contribution < -0.4 is 4.74 Å². The van der Waals surface area contributed by atoms with Crippen LogP contribution in [0.5, 0.6) is 5.75 Å². The van der Waals surface area contributed by atoms with E-state index < -0.39 is 23.7 Å². The topological polar surface area (TPSA) is 72.9 Å². The molecule has 0 spiro atoms. The number of ether oxygens (including phenoxy) is 2. The molecule has 0 radical (unpaired) electrons. The molecule has 10 heteroatoms. The van der Waals surface area contributed by atoms with Gasteiger partial charge in [-0.15, -0.1) is 0 Å². The quantitative estimate of drug-likeness (QED) is 0.321. The fourth-order valence-corrected chi connectivity index (χ4v) is 4.95. The third-order valence-electron chi connectivity index (χ3n) is 4.08. The molecule has 0 bridgehead atoms. The number of nitrogens with zero attached hydrogens (tertiary/aromatic N) is 1. The first-order chi connectivity index (χ1) is 14.8. The van der Waals surface area contributed by atoms with Crippen molar-refractivity contribution < 1.29 is 28.2 Å². The Labute approximate surface area is 199 Å². The number of halogens is 3. The SMILES string of the molecule is CCOC(=O)CN1C(=O)S/C(=C/c2cc(Br)c(OCc3ccc(F)cc3)c(Br)c2)C1=O. The van der Waals surface area contributed by atoms with E-state index in [1.807, 2.05) is 0 Å². The van der Waals surface area contributed by atoms with Crippen LogP contribution in [0.2, 0.25) is 0 Å². The monoisotopic (exact) mass is 571 g/mol. The lowest BCUT2D eigenvalue weighted by Gasteiger charge is -2.12. The van der Waals surface area contributed by atoms with Crippen molar-refractivity contribution in [1.29, 1.82) is 0 Å². The fraction of sp³-hybridized carbons (Fsp3) is 0.190. The average molecular weight is 573 g/mol. The van der Waals surface area contributed by atoms with Crippen molar-refractivity contribution in [3.8, 4) is 5.75 Å². The lowest BCUT2D eigenvalue weighted by molar-refractivity contribution is -0.145. The van der Waals surface area contributed by atoms with Crippen molar-refractivity contribution in [2.75, 3.05) is 13.2 Å². The van der Waals surface area contributed by atoms with E-state index in [9.17, 15) is 18.8 Å². The number of esters is 1. The molecule has 2 amide bonds. The van der Waals surface area contributed by atoms with Crippen LogP contribution in [0.25, 0.3) is 6.08 Å². The normalized spacial score (nSPS) is 15.0. The number of carbonyl (C=O) groups is 3. The van der Waals surface area contributed by atoms with Crippen molar-refractivity contribution in [3.05, 3.63) is 67.2 Å². The molecular weight excluding hydrogens is 557 g/mol. The molecule has 1 fully saturated rings. The van der Waals surface area contributed by atoms with Gasteiger partial charge in [-0.25, -0.2) is 4.39 Å². The Hall–Kier alpha value is -2.17. The second kappa shape index (κ2) is 10.4. The van der Waals surface area contributed by atoms with E-state index in [1.54, 1.807) is 37.3 Å². The van der Waals surface area contributed by atoms with E-state index in [4.69, 9.17) is 9.47 Å². The fourth-order valence-electron chi connectivity index (χ4n) is 2.66. The van der Waals surface area contributed by atoms with Crippen LogP contribution in [0.4, 0.5) is 9.18 Å². The number of imide groups is 1. The minimum Gasteiger partial charge on any atom is -0.487 e. The standard InChI is InChI=1S/C21H16Br2FNO5S/c1-2-29-18(26)10-25-20(27)17(31-21(25)28)9-13-7-15(22)19(16(23)8-13)30-11-12-3-5-14(24)6-4-12/h3-9H,2,10-11H2,1H3/b17-9+. The third-order valence-corrected chi connectivity index (χ3v) is 6.17. The number of hydrogen-bond acceptors (Lipinski definition) is 6. The molecule has 2 aromatic rings. The highest BCUT2D eigenvalue weighted by Crippen LogP contribution is 2.38. The van der Waals surface area contributed by atoms with Crippen LogP contribution in [-0.2, 0) is 20.9 Å². The number of hydrogen-bond donors (Lipinski definition) is 0. The van der Waals surface area contributed by atoms with Crippen molar-refractivity contribution in [3.63, 3.8) is 0 Å². The van der Waals surface area contributed by atoms with Gasteiger partial charge < -0.3 is 9.47 Å². The number of thioether (sulfide) groups is 1. The van der Waals surface area contributed by atoms with Crippen LogP contribution in [0.3, 0.4) is 0 Å². The molecule has 1 heterocycles. The molecule has 6 nitrogen and oxygen atoms in total. The highest BCUT2D eigenvalue weighted by Gasteiger charge is 2.36. The predicted molar refractivity (Wildman–Crippen MR) is 122 cm³/mol. The maximum absolute atomic E-state index is 13.0. The Morgan fingerprint density at radius 3 is 2.42 bits per heavy atom. The van der Waals surface area contributed by atoms with E-state index >= 15 is 0 Å². The second-order valence-corrected chi connectivity index (χ2v) is 9.00. The summed E-state index contributed by atoms with van der Waals surface area (Å²) in [4.78, 5) is 37.3. The van der Waals surface area contributed by atoms with Gasteiger partial charge >= 0.3 is 5.97 Å². The highest BCUT2D eigenvalue weighted by molar-refractivity contribution is 9.11. The Balaban J connectivity index is 1.74. The minimum absolute atomic E-state index is 0.169. The van der Waals surface area contributed by atoms with Crippen LogP contribution >= 0.6 is 43.6 Å². The smallest absolute Gasteiger partial charge is 0.326 e. The van der Waals surface area contributed by atoms with Crippen LogP contribution in [-0.4, -0.2) is 35.2 Å². The van der Waals surface area contributed by atoms with Gasteiger partial charge in [-0.2, -0.15) is 0 Å². The molecule has 162 valence electrons. The number of carbonyl (C=O) groups excluding carboxylic acids is 3. The molecule has 1 saturated heterocycles. The van der Waals surface area contributed by atoms with Crippen molar-refractivity contribution >= 4 is 66.8 Å². The van der Waals surface area contributed by atoms with Gasteiger partial charge in [0.2, 0.25) is 0 Å². The van der Waals surface area contributed by atoms with E-state index in [-0.39, 0.29) is 23.9 Å². The van der Waals surface area contributed by atoms with Gasteiger partial charge in [0.15, 0.2) is 0 Å². The van der Waals surface area contributed by atoms with Gasteiger partial charge in [0.05, 0.1) is 20.5 Å². The molecule has 0 unspecified atom stereocenters. The number of rotatable bonds is 7. The average Bonchev–Trinajstić information content (AvgIpc) is 2.96. The molecule has 0 saturated carbocycles. The lowest BCUT2D eigenvalue weighted by Crippen LogP contribution is -2.34. The summed E-state index contributed by atoms with van der Waals surface area (Å²) >= 11 is 7.65. The zero-order chi connectivity index (χ0) is 22.5. The van der Waals surface area contributed by atoms with Gasteiger partial charge in [0.25, 0.3) is 11.1 Å². The van der Waals surface area contributed by atoms with Gasteiger partial charge in [-0.1, -0.05) is 12.1 Å². The molecule has 1 aliphatic heterocycles. The molecular formula is C21H16Br2FNO5S. The van der Waals surface area contributed by atoms with Crippen LogP contribution in [0, 0.1) is 5.82 Å². The molecule has 31 heavy (non-hydrogen) atoms.